The molecule has 0 aromatic carbocycles. The first kappa shape index (κ1) is 14.8. The maximum atomic E-state index is 11.7. The first-order valence-corrected chi connectivity index (χ1v) is 6.55. The Morgan fingerprint density at radius 3 is 2.28 bits per heavy atom. The lowest BCUT2D eigenvalue weighted by Gasteiger charge is -2.26. The highest BCUT2D eigenvalue weighted by Gasteiger charge is 2.45. The molecule has 2 amide bonds. The van der Waals surface area contributed by atoms with Crippen LogP contribution in [0.25, 0.3) is 0 Å². The van der Waals surface area contributed by atoms with Crippen molar-refractivity contribution in [1.82, 2.24) is 10.6 Å². The summed E-state index contributed by atoms with van der Waals surface area (Å²) in [5, 5.41) is 14.4. The van der Waals surface area contributed by atoms with E-state index in [1.54, 1.807) is 6.92 Å². The molecule has 104 valence electrons. The third kappa shape index (κ3) is 3.15. The van der Waals surface area contributed by atoms with Crippen LogP contribution < -0.4 is 10.6 Å². The van der Waals surface area contributed by atoms with Crippen LogP contribution in [0, 0.1) is 11.3 Å². The molecule has 1 rings (SSSR count). The molecular weight excluding hydrogens is 232 g/mol. The van der Waals surface area contributed by atoms with E-state index in [0.29, 0.717) is 18.9 Å². The quantitative estimate of drug-likeness (QED) is 0.680. The van der Waals surface area contributed by atoms with E-state index in [9.17, 15) is 9.59 Å². The van der Waals surface area contributed by atoms with Crippen molar-refractivity contribution in [3.63, 3.8) is 0 Å². The van der Waals surface area contributed by atoms with Crippen LogP contribution in [0.3, 0.4) is 0 Å². The Balaban J connectivity index is 2.45. The van der Waals surface area contributed by atoms with Crippen molar-refractivity contribution in [3.8, 4) is 0 Å². The number of amides is 2. The SMILES string of the molecule is CCC(C)(NC(=O)NCC1(C(C)C)CC1)C(=O)O. The lowest BCUT2D eigenvalue weighted by atomic mass is 9.92. The predicted molar refractivity (Wildman–Crippen MR) is 69.4 cm³/mol. The molecule has 0 saturated heterocycles. The molecule has 5 nitrogen and oxygen atoms in total. The highest BCUT2D eigenvalue weighted by molar-refractivity contribution is 5.85. The minimum Gasteiger partial charge on any atom is -0.480 e. The van der Waals surface area contributed by atoms with E-state index in [1.165, 1.54) is 6.92 Å². The number of nitrogens with one attached hydrogen (secondary N) is 2. The van der Waals surface area contributed by atoms with Gasteiger partial charge in [0.25, 0.3) is 0 Å². The number of aliphatic carboxylic acids is 1. The van der Waals surface area contributed by atoms with Crippen LogP contribution in [-0.2, 0) is 4.79 Å². The molecule has 3 N–H and O–H groups in total. The van der Waals surface area contributed by atoms with Gasteiger partial charge < -0.3 is 15.7 Å². The molecule has 1 fully saturated rings. The summed E-state index contributed by atoms with van der Waals surface area (Å²) in [5.74, 6) is -0.472. The number of carbonyl (C=O) groups excluding carboxylic acids is 1. The summed E-state index contributed by atoms with van der Waals surface area (Å²) in [5.41, 5.74) is -0.970. The van der Waals surface area contributed by atoms with Gasteiger partial charge in [-0.1, -0.05) is 20.8 Å². The van der Waals surface area contributed by atoms with Crippen molar-refractivity contribution in [2.45, 2.75) is 52.5 Å². The molecule has 18 heavy (non-hydrogen) atoms. The zero-order chi connectivity index (χ0) is 14.0. The molecule has 0 bridgehead atoms. The van der Waals surface area contributed by atoms with E-state index in [4.69, 9.17) is 5.11 Å². The summed E-state index contributed by atoms with van der Waals surface area (Å²) in [7, 11) is 0. The van der Waals surface area contributed by atoms with Crippen LogP contribution in [0.2, 0.25) is 0 Å². The summed E-state index contributed by atoms with van der Waals surface area (Å²) in [4.78, 5) is 22.8. The fraction of sp³-hybridized carbons (Fsp3) is 0.846. The molecular formula is C13H24N2O3. The van der Waals surface area contributed by atoms with Gasteiger partial charge in [-0.2, -0.15) is 0 Å². The Morgan fingerprint density at radius 1 is 1.39 bits per heavy atom. The van der Waals surface area contributed by atoms with Crippen LogP contribution >= 0.6 is 0 Å². The van der Waals surface area contributed by atoms with E-state index in [0.717, 1.165) is 12.8 Å². The van der Waals surface area contributed by atoms with Gasteiger partial charge >= 0.3 is 12.0 Å². The summed E-state index contributed by atoms with van der Waals surface area (Å²) >= 11 is 0. The van der Waals surface area contributed by atoms with Crippen molar-refractivity contribution >= 4 is 12.0 Å². The Hall–Kier alpha value is -1.26. The lowest BCUT2D eigenvalue weighted by molar-refractivity contribution is -0.143. The van der Waals surface area contributed by atoms with Crippen LogP contribution in [0.5, 0.6) is 0 Å². The van der Waals surface area contributed by atoms with Gasteiger partial charge in [0.1, 0.15) is 5.54 Å². The fourth-order valence-electron chi connectivity index (χ4n) is 1.96. The third-order valence-corrected chi connectivity index (χ3v) is 4.29. The van der Waals surface area contributed by atoms with Crippen LogP contribution in [0.15, 0.2) is 0 Å². The topological polar surface area (TPSA) is 78.4 Å². The molecule has 0 radical (unpaired) electrons. The number of hydrogen-bond acceptors (Lipinski definition) is 2. The minimum absolute atomic E-state index is 0.225. The maximum absolute atomic E-state index is 11.7. The van der Waals surface area contributed by atoms with Crippen LogP contribution in [0.1, 0.15) is 47.0 Å². The first-order valence-electron chi connectivity index (χ1n) is 6.55. The second-order valence-electron chi connectivity index (χ2n) is 5.82. The van der Waals surface area contributed by atoms with E-state index in [-0.39, 0.29) is 5.41 Å². The highest BCUT2D eigenvalue weighted by atomic mass is 16.4. The van der Waals surface area contributed by atoms with E-state index >= 15 is 0 Å². The highest BCUT2D eigenvalue weighted by Crippen LogP contribution is 2.51. The van der Waals surface area contributed by atoms with Crippen LogP contribution in [0.4, 0.5) is 4.79 Å². The molecule has 1 aliphatic carbocycles. The van der Waals surface area contributed by atoms with Gasteiger partial charge in [-0.05, 0) is 37.5 Å². The largest absolute Gasteiger partial charge is 0.480 e. The predicted octanol–water partition coefficient (Wildman–Crippen LogP) is 1.98. The number of rotatable bonds is 6. The number of urea groups is 1. The lowest BCUT2D eigenvalue weighted by Crippen LogP contribution is -2.55. The van der Waals surface area contributed by atoms with E-state index in [1.807, 2.05) is 0 Å². The zero-order valence-electron chi connectivity index (χ0n) is 11.7. The molecule has 1 unspecified atom stereocenters. The second kappa shape index (κ2) is 5.16. The van der Waals surface area contributed by atoms with Gasteiger partial charge in [0, 0.05) is 6.54 Å². The van der Waals surface area contributed by atoms with Crippen molar-refractivity contribution in [1.29, 1.82) is 0 Å². The monoisotopic (exact) mass is 256 g/mol. The Morgan fingerprint density at radius 2 is 1.94 bits per heavy atom. The van der Waals surface area contributed by atoms with Crippen molar-refractivity contribution < 1.29 is 14.7 Å². The molecule has 0 aromatic rings. The minimum atomic E-state index is -1.20. The summed E-state index contributed by atoms with van der Waals surface area (Å²) < 4.78 is 0. The number of carboxylic acids is 1. The molecule has 1 aliphatic rings. The van der Waals surface area contributed by atoms with Crippen LogP contribution in [-0.4, -0.2) is 29.2 Å². The zero-order valence-corrected chi connectivity index (χ0v) is 11.7. The summed E-state index contributed by atoms with van der Waals surface area (Å²) in [6.45, 7) is 8.19. The summed E-state index contributed by atoms with van der Waals surface area (Å²) in [6, 6.07) is -0.395. The first-order chi connectivity index (χ1) is 8.26. The molecule has 0 heterocycles. The van der Waals surface area contributed by atoms with E-state index < -0.39 is 17.5 Å². The molecule has 0 spiro atoms. The Labute approximate surface area is 108 Å². The molecule has 1 atom stereocenters. The van der Waals surface area contributed by atoms with Crippen molar-refractivity contribution in [2.75, 3.05) is 6.54 Å². The van der Waals surface area contributed by atoms with Gasteiger partial charge in [0.2, 0.25) is 0 Å². The maximum Gasteiger partial charge on any atom is 0.329 e. The van der Waals surface area contributed by atoms with Crippen molar-refractivity contribution in [3.05, 3.63) is 0 Å². The molecule has 0 aromatic heterocycles. The summed E-state index contributed by atoms with van der Waals surface area (Å²) in [6.07, 6.45) is 2.62. The third-order valence-electron chi connectivity index (χ3n) is 4.29. The molecule has 1 saturated carbocycles. The van der Waals surface area contributed by atoms with Gasteiger partial charge in [0.15, 0.2) is 0 Å². The smallest absolute Gasteiger partial charge is 0.329 e. The second-order valence-corrected chi connectivity index (χ2v) is 5.82. The average molecular weight is 256 g/mol. The number of carbonyl (C=O) groups is 2. The molecule has 0 aliphatic heterocycles. The Kier molecular flexibility index (Phi) is 4.24. The fourth-order valence-corrected chi connectivity index (χ4v) is 1.96. The van der Waals surface area contributed by atoms with Gasteiger partial charge in [-0.15, -0.1) is 0 Å². The van der Waals surface area contributed by atoms with Gasteiger partial charge in [0.05, 0.1) is 0 Å². The standard InChI is InChI=1S/C13H24N2O3/c1-5-12(4,10(16)17)15-11(18)14-8-13(6-7-13)9(2)3/h9H,5-8H2,1-4H3,(H,16,17)(H2,14,15,18). The number of hydrogen-bond donors (Lipinski definition) is 3. The Bertz CT molecular complexity index is 337. The van der Waals surface area contributed by atoms with Crippen molar-refractivity contribution in [2.24, 2.45) is 11.3 Å². The average Bonchev–Trinajstić information content (AvgIpc) is 3.07. The van der Waals surface area contributed by atoms with Gasteiger partial charge in [-0.3, -0.25) is 0 Å². The van der Waals surface area contributed by atoms with Gasteiger partial charge in [-0.25, -0.2) is 9.59 Å². The van der Waals surface area contributed by atoms with E-state index in [2.05, 4.69) is 24.5 Å². The molecule has 5 heteroatoms. The normalized spacial score (nSPS) is 20.1. The number of carboxylic acid groups (broad SMARTS) is 1.